The molecule has 0 radical (unpaired) electrons. The summed E-state index contributed by atoms with van der Waals surface area (Å²) in [6, 6.07) is 0. The molecule has 0 saturated carbocycles. The highest BCUT2D eigenvalue weighted by Crippen LogP contribution is 2.20. The molecule has 1 aromatic heterocycles. The maximum Gasteiger partial charge on any atom is 0.0954 e. The van der Waals surface area contributed by atoms with Gasteiger partial charge in [-0.15, -0.1) is 11.3 Å². The third kappa shape index (κ3) is 3.56. The average Bonchev–Trinajstić information content (AvgIpc) is 2.75. The van der Waals surface area contributed by atoms with E-state index in [4.69, 9.17) is 0 Å². The fraction of sp³-hybridized carbons (Fsp3) is 0.769. The molecule has 0 bridgehead atoms. The minimum Gasteiger partial charge on any atom is -0.306 e. The van der Waals surface area contributed by atoms with Crippen LogP contribution in [0.5, 0.6) is 0 Å². The van der Waals surface area contributed by atoms with Gasteiger partial charge in [-0.25, -0.2) is 4.98 Å². The Kier molecular flexibility index (Phi) is 4.93. The SMILES string of the molecule is CCC(C)(CC)NCc1csc(C(C)C)n1. The first-order chi connectivity index (χ1) is 7.50. The van der Waals surface area contributed by atoms with E-state index >= 15 is 0 Å². The molecule has 1 aromatic rings. The van der Waals surface area contributed by atoms with Crippen molar-refractivity contribution >= 4 is 11.3 Å². The highest BCUT2D eigenvalue weighted by Gasteiger charge is 2.18. The zero-order chi connectivity index (χ0) is 12.2. The number of nitrogens with zero attached hydrogens (tertiary/aromatic N) is 1. The van der Waals surface area contributed by atoms with Gasteiger partial charge in [-0.3, -0.25) is 0 Å². The number of nitrogens with one attached hydrogen (secondary N) is 1. The summed E-state index contributed by atoms with van der Waals surface area (Å²) >= 11 is 1.77. The molecule has 0 saturated heterocycles. The van der Waals surface area contributed by atoms with Crippen molar-refractivity contribution in [3.63, 3.8) is 0 Å². The Hall–Kier alpha value is -0.410. The fourth-order valence-electron chi connectivity index (χ4n) is 1.47. The molecule has 16 heavy (non-hydrogen) atoms. The summed E-state index contributed by atoms with van der Waals surface area (Å²) in [5, 5.41) is 7.02. The topological polar surface area (TPSA) is 24.9 Å². The molecule has 0 amide bonds. The predicted molar refractivity (Wildman–Crippen MR) is 72.0 cm³/mol. The van der Waals surface area contributed by atoms with Crippen molar-refractivity contribution in [1.82, 2.24) is 10.3 Å². The molecule has 92 valence electrons. The van der Waals surface area contributed by atoms with Crippen molar-refractivity contribution in [3.05, 3.63) is 16.1 Å². The minimum absolute atomic E-state index is 0.252. The van der Waals surface area contributed by atoms with Crippen molar-refractivity contribution in [2.75, 3.05) is 0 Å². The van der Waals surface area contributed by atoms with Gasteiger partial charge >= 0.3 is 0 Å². The van der Waals surface area contributed by atoms with Gasteiger partial charge in [0.05, 0.1) is 10.7 Å². The summed E-state index contributed by atoms with van der Waals surface area (Å²) in [6.07, 6.45) is 2.31. The van der Waals surface area contributed by atoms with Gasteiger partial charge in [0, 0.05) is 23.4 Å². The van der Waals surface area contributed by atoms with Crippen LogP contribution in [0.4, 0.5) is 0 Å². The Morgan fingerprint density at radius 3 is 2.44 bits per heavy atom. The van der Waals surface area contributed by atoms with E-state index < -0.39 is 0 Å². The third-order valence-electron chi connectivity index (χ3n) is 3.32. The molecule has 1 heterocycles. The van der Waals surface area contributed by atoms with E-state index in [1.165, 1.54) is 10.7 Å². The van der Waals surface area contributed by atoms with Gasteiger partial charge in [0.15, 0.2) is 0 Å². The number of hydrogen-bond donors (Lipinski definition) is 1. The van der Waals surface area contributed by atoms with Crippen LogP contribution >= 0.6 is 11.3 Å². The third-order valence-corrected chi connectivity index (χ3v) is 4.51. The molecule has 0 aromatic carbocycles. The van der Waals surface area contributed by atoms with Crippen LogP contribution < -0.4 is 5.32 Å². The maximum atomic E-state index is 4.64. The van der Waals surface area contributed by atoms with E-state index in [-0.39, 0.29) is 5.54 Å². The normalized spacial score (nSPS) is 12.4. The van der Waals surface area contributed by atoms with E-state index in [1.54, 1.807) is 11.3 Å². The van der Waals surface area contributed by atoms with Crippen LogP contribution in [0, 0.1) is 0 Å². The summed E-state index contributed by atoms with van der Waals surface area (Å²) in [6.45, 7) is 12.0. The number of rotatable bonds is 6. The fourth-order valence-corrected chi connectivity index (χ4v) is 2.31. The lowest BCUT2D eigenvalue weighted by molar-refractivity contribution is 0.328. The lowest BCUT2D eigenvalue weighted by Gasteiger charge is -2.27. The molecule has 0 spiro atoms. The van der Waals surface area contributed by atoms with Crippen LogP contribution in [0.25, 0.3) is 0 Å². The zero-order valence-corrected chi connectivity index (χ0v) is 11.9. The van der Waals surface area contributed by atoms with E-state index in [2.05, 4.69) is 50.3 Å². The van der Waals surface area contributed by atoms with Crippen LogP contribution in [0.1, 0.15) is 64.1 Å². The summed E-state index contributed by atoms with van der Waals surface area (Å²) in [5.41, 5.74) is 1.43. The second-order valence-corrected chi connectivity index (χ2v) is 5.84. The predicted octanol–water partition coefficient (Wildman–Crippen LogP) is 3.93. The molecule has 0 aliphatic carbocycles. The lowest BCUT2D eigenvalue weighted by Crippen LogP contribution is -2.40. The van der Waals surface area contributed by atoms with E-state index in [1.807, 2.05) is 0 Å². The average molecular weight is 240 g/mol. The van der Waals surface area contributed by atoms with Crippen LogP contribution in [-0.4, -0.2) is 10.5 Å². The van der Waals surface area contributed by atoms with E-state index in [0.717, 1.165) is 19.4 Å². The lowest BCUT2D eigenvalue weighted by atomic mass is 9.95. The quantitative estimate of drug-likeness (QED) is 0.815. The van der Waals surface area contributed by atoms with Crippen molar-refractivity contribution < 1.29 is 0 Å². The number of hydrogen-bond acceptors (Lipinski definition) is 3. The smallest absolute Gasteiger partial charge is 0.0954 e. The molecule has 2 nitrogen and oxygen atoms in total. The molecular weight excluding hydrogens is 216 g/mol. The monoisotopic (exact) mass is 240 g/mol. The standard InChI is InChI=1S/C13H24N2S/c1-6-13(5,7-2)14-8-11-9-16-12(15-11)10(3)4/h9-10,14H,6-8H2,1-5H3. The maximum absolute atomic E-state index is 4.64. The van der Waals surface area contributed by atoms with Gasteiger partial charge in [-0.2, -0.15) is 0 Å². The summed E-state index contributed by atoms with van der Waals surface area (Å²) in [5.74, 6) is 0.544. The molecule has 1 N–H and O–H groups in total. The van der Waals surface area contributed by atoms with Gasteiger partial charge in [-0.1, -0.05) is 27.7 Å². The molecule has 0 aliphatic rings. The molecule has 3 heteroatoms. The highest BCUT2D eigenvalue weighted by molar-refractivity contribution is 7.09. The first-order valence-electron chi connectivity index (χ1n) is 6.20. The Bertz CT molecular complexity index is 313. The molecule has 0 aliphatic heterocycles. The van der Waals surface area contributed by atoms with Crippen molar-refractivity contribution in [1.29, 1.82) is 0 Å². The Balaban J connectivity index is 2.54. The van der Waals surface area contributed by atoms with Gasteiger partial charge in [0.2, 0.25) is 0 Å². The summed E-state index contributed by atoms with van der Waals surface area (Å²) in [4.78, 5) is 4.64. The molecule has 1 rings (SSSR count). The Morgan fingerprint density at radius 2 is 2.00 bits per heavy atom. The summed E-state index contributed by atoms with van der Waals surface area (Å²) in [7, 11) is 0. The van der Waals surface area contributed by atoms with Crippen LogP contribution in [0.2, 0.25) is 0 Å². The Morgan fingerprint density at radius 1 is 1.38 bits per heavy atom. The van der Waals surface area contributed by atoms with E-state index in [9.17, 15) is 0 Å². The van der Waals surface area contributed by atoms with Gasteiger partial charge in [-0.05, 0) is 19.8 Å². The second-order valence-electron chi connectivity index (χ2n) is 4.95. The minimum atomic E-state index is 0.252. The highest BCUT2D eigenvalue weighted by atomic mass is 32.1. The molecule has 0 atom stereocenters. The van der Waals surface area contributed by atoms with Crippen molar-refractivity contribution in [3.8, 4) is 0 Å². The Labute approximate surface area is 103 Å². The van der Waals surface area contributed by atoms with Crippen LogP contribution in [0.3, 0.4) is 0 Å². The van der Waals surface area contributed by atoms with Gasteiger partial charge < -0.3 is 5.32 Å². The number of aromatic nitrogens is 1. The zero-order valence-electron chi connectivity index (χ0n) is 11.1. The van der Waals surface area contributed by atoms with Crippen LogP contribution in [-0.2, 0) is 6.54 Å². The van der Waals surface area contributed by atoms with E-state index in [0.29, 0.717) is 5.92 Å². The van der Waals surface area contributed by atoms with Crippen LogP contribution in [0.15, 0.2) is 5.38 Å². The largest absolute Gasteiger partial charge is 0.306 e. The molecule has 0 unspecified atom stereocenters. The molecular formula is C13H24N2S. The van der Waals surface area contributed by atoms with Gasteiger partial charge in [0.25, 0.3) is 0 Å². The first kappa shape index (κ1) is 13.7. The van der Waals surface area contributed by atoms with Crippen molar-refractivity contribution in [2.24, 2.45) is 0 Å². The second kappa shape index (κ2) is 5.78. The number of thiazole rings is 1. The summed E-state index contributed by atoms with van der Waals surface area (Å²) < 4.78 is 0. The first-order valence-corrected chi connectivity index (χ1v) is 7.08. The molecule has 0 fully saturated rings. The van der Waals surface area contributed by atoms with Gasteiger partial charge in [0.1, 0.15) is 0 Å². The van der Waals surface area contributed by atoms with Crippen molar-refractivity contribution in [2.45, 2.75) is 65.5 Å².